The zero-order valence-corrected chi connectivity index (χ0v) is 15.2. The molecule has 0 spiro atoms. The number of nitro groups is 1. The summed E-state index contributed by atoms with van der Waals surface area (Å²) in [4.78, 5) is 24.4. The van der Waals surface area contributed by atoms with Gasteiger partial charge in [-0.05, 0) is 48.6 Å². The Morgan fingerprint density at radius 2 is 1.52 bits per heavy atom. The number of ether oxygens (including phenoxy) is 1. The molecule has 1 aliphatic rings. The average molecular weight is 386 g/mol. The summed E-state index contributed by atoms with van der Waals surface area (Å²) in [6.45, 7) is 2.33. The van der Waals surface area contributed by atoms with Crippen molar-refractivity contribution in [1.82, 2.24) is 4.90 Å². The fraction of sp³-hybridized carbons (Fsp3) is 0.222. The number of anilines is 2. The highest BCUT2D eigenvalue weighted by atomic mass is 32.1. The molecule has 0 radical (unpaired) electrons. The van der Waals surface area contributed by atoms with Gasteiger partial charge in [0, 0.05) is 42.2 Å². The van der Waals surface area contributed by atoms with Gasteiger partial charge in [-0.1, -0.05) is 0 Å². The first kappa shape index (κ1) is 18.7. The molecule has 0 saturated carbocycles. The van der Waals surface area contributed by atoms with Crippen molar-refractivity contribution in [2.45, 2.75) is 0 Å². The second-order valence-corrected chi connectivity index (χ2v) is 6.27. The number of rotatable bonds is 4. The average Bonchev–Trinajstić information content (AvgIpc) is 2.69. The Balaban J connectivity index is 1.56. The van der Waals surface area contributed by atoms with Crippen LogP contribution in [0.15, 0.2) is 48.5 Å². The molecule has 1 aliphatic heterocycles. The summed E-state index contributed by atoms with van der Waals surface area (Å²) < 4.78 is 5.26. The maximum Gasteiger partial charge on any atom is 0.269 e. The summed E-state index contributed by atoms with van der Waals surface area (Å²) in [5, 5.41) is 17.0. The molecule has 0 aromatic heterocycles. The van der Waals surface area contributed by atoms with Crippen molar-refractivity contribution >= 4 is 40.3 Å². The molecule has 0 unspecified atom stereocenters. The molecule has 27 heavy (non-hydrogen) atoms. The molecule has 9 heteroatoms. The summed E-state index contributed by atoms with van der Waals surface area (Å²) in [7, 11) is 0. The third kappa shape index (κ3) is 4.99. The second-order valence-electron chi connectivity index (χ2n) is 5.87. The number of nitrogens with one attached hydrogen (secondary N) is 2. The molecule has 2 aromatic rings. The molecule has 1 amide bonds. The van der Waals surface area contributed by atoms with E-state index in [0.29, 0.717) is 42.7 Å². The quantitative estimate of drug-likeness (QED) is 0.474. The van der Waals surface area contributed by atoms with Crippen LogP contribution in [0.1, 0.15) is 10.4 Å². The van der Waals surface area contributed by atoms with E-state index in [1.165, 1.54) is 12.1 Å². The van der Waals surface area contributed by atoms with E-state index in [1.54, 1.807) is 41.3 Å². The van der Waals surface area contributed by atoms with Crippen LogP contribution in [-0.2, 0) is 4.74 Å². The van der Waals surface area contributed by atoms with E-state index in [4.69, 9.17) is 17.0 Å². The normalized spacial score (nSPS) is 13.7. The van der Waals surface area contributed by atoms with Crippen LogP contribution >= 0.6 is 12.2 Å². The van der Waals surface area contributed by atoms with E-state index in [0.717, 1.165) is 5.69 Å². The molecule has 0 atom stereocenters. The van der Waals surface area contributed by atoms with Crippen molar-refractivity contribution in [3.8, 4) is 0 Å². The van der Waals surface area contributed by atoms with Gasteiger partial charge in [-0.2, -0.15) is 0 Å². The summed E-state index contributed by atoms with van der Waals surface area (Å²) in [6, 6.07) is 13.0. The molecule has 2 aromatic carbocycles. The number of carbonyl (C=O) groups is 1. The van der Waals surface area contributed by atoms with Gasteiger partial charge in [0.2, 0.25) is 0 Å². The van der Waals surface area contributed by atoms with E-state index in [2.05, 4.69) is 10.6 Å². The van der Waals surface area contributed by atoms with Gasteiger partial charge in [0.1, 0.15) is 0 Å². The maximum absolute atomic E-state index is 12.4. The summed E-state index contributed by atoms with van der Waals surface area (Å²) in [5.41, 5.74) is 1.99. The van der Waals surface area contributed by atoms with Gasteiger partial charge in [0.15, 0.2) is 5.11 Å². The van der Waals surface area contributed by atoms with Gasteiger partial charge in [0.05, 0.1) is 18.1 Å². The smallest absolute Gasteiger partial charge is 0.269 e. The predicted octanol–water partition coefficient (Wildman–Crippen LogP) is 2.88. The Kier molecular flexibility index (Phi) is 5.94. The fourth-order valence-corrected chi connectivity index (χ4v) is 2.84. The van der Waals surface area contributed by atoms with E-state index < -0.39 is 4.92 Å². The van der Waals surface area contributed by atoms with Crippen molar-refractivity contribution in [2.75, 3.05) is 36.9 Å². The first-order valence-electron chi connectivity index (χ1n) is 8.32. The lowest BCUT2D eigenvalue weighted by Crippen LogP contribution is -2.40. The van der Waals surface area contributed by atoms with Crippen LogP contribution in [0.4, 0.5) is 17.1 Å². The van der Waals surface area contributed by atoms with Crippen molar-refractivity contribution in [3.05, 3.63) is 64.2 Å². The van der Waals surface area contributed by atoms with Crippen LogP contribution in [0.3, 0.4) is 0 Å². The summed E-state index contributed by atoms with van der Waals surface area (Å²) in [5.74, 6) is -0.0172. The highest BCUT2D eigenvalue weighted by Crippen LogP contribution is 2.17. The van der Waals surface area contributed by atoms with Gasteiger partial charge >= 0.3 is 0 Å². The van der Waals surface area contributed by atoms with E-state index >= 15 is 0 Å². The minimum atomic E-state index is -0.458. The minimum Gasteiger partial charge on any atom is -0.378 e. The minimum absolute atomic E-state index is 0.0138. The number of thiocarbonyl (C=S) groups is 1. The molecule has 2 N–H and O–H groups in total. The molecule has 1 fully saturated rings. The molecule has 0 aliphatic carbocycles. The van der Waals surface area contributed by atoms with Gasteiger partial charge in [-0.3, -0.25) is 14.9 Å². The summed E-state index contributed by atoms with van der Waals surface area (Å²) >= 11 is 5.24. The highest BCUT2D eigenvalue weighted by molar-refractivity contribution is 7.80. The molecule has 0 bridgehead atoms. The predicted molar refractivity (Wildman–Crippen MR) is 106 cm³/mol. The number of carbonyl (C=O) groups excluding carboxylic acids is 1. The van der Waals surface area contributed by atoms with Crippen molar-refractivity contribution in [3.63, 3.8) is 0 Å². The van der Waals surface area contributed by atoms with Crippen LogP contribution in [-0.4, -0.2) is 47.1 Å². The third-order valence-corrected chi connectivity index (χ3v) is 4.23. The first-order chi connectivity index (χ1) is 13.0. The van der Waals surface area contributed by atoms with Crippen LogP contribution in [0.2, 0.25) is 0 Å². The monoisotopic (exact) mass is 386 g/mol. The molecule has 3 rings (SSSR count). The standard InChI is InChI=1S/C18H18N4O4S/c23-17(21-9-11-26-12-10-21)13-1-3-14(4-2-13)19-18(27)20-15-5-7-16(8-6-15)22(24)25/h1-8H,9-12H2,(H2,19,20,27). The van der Waals surface area contributed by atoms with E-state index in [1.807, 2.05) is 0 Å². The van der Waals surface area contributed by atoms with Crippen molar-refractivity contribution in [2.24, 2.45) is 0 Å². The largest absolute Gasteiger partial charge is 0.378 e. The Labute approximate surface area is 161 Å². The zero-order chi connectivity index (χ0) is 19.2. The molecular weight excluding hydrogens is 368 g/mol. The maximum atomic E-state index is 12.4. The number of morpholine rings is 1. The lowest BCUT2D eigenvalue weighted by Gasteiger charge is -2.26. The Bertz CT molecular complexity index is 833. The number of nitro benzene ring substituents is 1. The molecule has 1 saturated heterocycles. The van der Waals surface area contributed by atoms with Crippen LogP contribution in [0, 0.1) is 10.1 Å². The highest BCUT2D eigenvalue weighted by Gasteiger charge is 2.18. The van der Waals surface area contributed by atoms with Crippen LogP contribution < -0.4 is 10.6 Å². The van der Waals surface area contributed by atoms with Gasteiger partial charge in [-0.25, -0.2) is 0 Å². The van der Waals surface area contributed by atoms with Crippen LogP contribution in [0.5, 0.6) is 0 Å². The van der Waals surface area contributed by atoms with Gasteiger partial charge in [0.25, 0.3) is 11.6 Å². The Morgan fingerprint density at radius 3 is 2.04 bits per heavy atom. The molecule has 1 heterocycles. The summed E-state index contributed by atoms with van der Waals surface area (Å²) in [6.07, 6.45) is 0. The number of hydrogen-bond acceptors (Lipinski definition) is 5. The third-order valence-electron chi connectivity index (χ3n) is 4.02. The molecule has 8 nitrogen and oxygen atoms in total. The zero-order valence-electron chi connectivity index (χ0n) is 14.4. The second kappa shape index (κ2) is 8.56. The van der Waals surface area contributed by atoms with E-state index in [9.17, 15) is 14.9 Å². The molecular formula is C18H18N4O4S. The van der Waals surface area contributed by atoms with Crippen molar-refractivity contribution in [1.29, 1.82) is 0 Å². The lowest BCUT2D eigenvalue weighted by molar-refractivity contribution is -0.384. The SMILES string of the molecule is O=C(c1ccc(NC(=S)Nc2ccc([N+](=O)[O-])cc2)cc1)N1CCOCC1. The number of amides is 1. The number of non-ortho nitro benzene ring substituents is 1. The molecule has 140 valence electrons. The number of hydrogen-bond donors (Lipinski definition) is 2. The first-order valence-corrected chi connectivity index (χ1v) is 8.73. The Hall–Kier alpha value is -3.04. The van der Waals surface area contributed by atoms with E-state index in [-0.39, 0.29) is 11.6 Å². The number of nitrogens with zero attached hydrogens (tertiary/aromatic N) is 2. The van der Waals surface area contributed by atoms with Gasteiger partial charge in [-0.15, -0.1) is 0 Å². The van der Waals surface area contributed by atoms with Gasteiger partial charge < -0.3 is 20.3 Å². The number of benzene rings is 2. The Morgan fingerprint density at radius 1 is 1.00 bits per heavy atom. The van der Waals surface area contributed by atoms with Crippen LogP contribution in [0.25, 0.3) is 0 Å². The van der Waals surface area contributed by atoms with Crippen molar-refractivity contribution < 1.29 is 14.5 Å². The lowest BCUT2D eigenvalue weighted by atomic mass is 10.1. The fourth-order valence-electron chi connectivity index (χ4n) is 2.61. The topological polar surface area (TPSA) is 96.7 Å².